The van der Waals surface area contributed by atoms with Crippen molar-refractivity contribution in [3.63, 3.8) is 0 Å². The molecule has 3 aromatic rings. The first-order valence-corrected chi connectivity index (χ1v) is 14.5. The number of ketones is 1. The summed E-state index contributed by atoms with van der Waals surface area (Å²) in [6.07, 6.45) is -7.00. The highest BCUT2D eigenvalue weighted by Crippen LogP contribution is 2.43. The lowest BCUT2D eigenvalue weighted by molar-refractivity contribution is -0.179. The Morgan fingerprint density at radius 3 is 1.82 bits per heavy atom. The smallest absolute Gasteiger partial charge is 0.452 e. The van der Waals surface area contributed by atoms with Gasteiger partial charge in [0.25, 0.3) is 5.78 Å². The van der Waals surface area contributed by atoms with E-state index in [2.05, 4.69) is 0 Å². The first-order chi connectivity index (χ1) is 18.3. The van der Waals surface area contributed by atoms with Gasteiger partial charge >= 0.3 is 6.18 Å². The van der Waals surface area contributed by atoms with Crippen LogP contribution in [0.4, 0.5) is 13.2 Å². The summed E-state index contributed by atoms with van der Waals surface area (Å²) in [5.41, 5.74) is 1.41. The predicted molar refractivity (Wildman–Crippen MR) is 145 cm³/mol. The van der Waals surface area contributed by atoms with Gasteiger partial charge in [-0.05, 0) is 59.5 Å². The number of benzene rings is 3. The molecule has 0 aromatic heterocycles. The maximum absolute atomic E-state index is 14.0. The molecule has 1 unspecified atom stereocenters. The predicted octanol–water partition coefficient (Wildman–Crippen LogP) is 6.57. The van der Waals surface area contributed by atoms with Crippen molar-refractivity contribution in [2.75, 3.05) is 12.4 Å². The van der Waals surface area contributed by atoms with Gasteiger partial charge < -0.3 is 9.84 Å². The van der Waals surface area contributed by atoms with Gasteiger partial charge in [0.15, 0.2) is 9.84 Å². The molecule has 0 aliphatic carbocycles. The Morgan fingerprint density at radius 1 is 0.897 bits per heavy atom. The fraction of sp³-hybridized carbons (Fsp3) is 0.321. The molecule has 0 spiro atoms. The lowest BCUT2D eigenvalue weighted by Gasteiger charge is -2.34. The number of sulfone groups is 1. The average molecular weight is 603 g/mol. The zero-order chi connectivity index (χ0) is 28.8. The summed E-state index contributed by atoms with van der Waals surface area (Å²) in [5, 5.41) is 10.5. The van der Waals surface area contributed by atoms with E-state index in [4.69, 9.17) is 27.9 Å². The number of halogens is 5. The molecule has 0 radical (unpaired) electrons. The van der Waals surface area contributed by atoms with E-state index in [-0.39, 0.29) is 23.7 Å². The highest BCUT2D eigenvalue weighted by molar-refractivity contribution is 7.92. The van der Waals surface area contributed by atoms with Crippen LogP contribution in [0, 0.1) is 0 Å². The van der Waals surface area contributed by atoms with E-state index in [9.17, 15) is 31.5 Å². The van der Waals surface area contributed by atoms with Crippen molar-refractivity contribution < 1.29 is 36.2 Å². The Labute approximate surface area is 235 Å². The Kier molecular flexibility index (Phi) is 10.1. The molecule has 210 valence electrons. The number of hydrogen-bond donors (Lipinski definition) is 1. The first-order valence-electron chi connectivity index (χ1n) is 12.1. The molecule has 39 heavy (non-hydrogen) atoms. The van der Waals surface area contributed by atoms with Crippen LogP contribution in [-0.4, -0.2) is 43.9 Å². The lowest BCUT2D eigenvalue weighted by Crippen LogP contribution is -2.40. The minimum atomic E-state index is -5.13. The van der Waals surface area contributed by atoms with Crippen molar-refractivity contribution in [1.82, 2.24) is 0 Å². The molecule has 0 aliphatic rings. The number of alkyl halides is 3. The van der Waals surface area contributed by atoms with E-state index in [1.807, 2.05) is 6.92 Å². The molecule has 5 nitrogen and oxygen atoms in total. The molecule has 1 N–H and O–H groups in total. The van der Waals surface area contributed by atoms with Crippen LogP contribution in [0.3, 0.4) is 0 Å². The van der Waals surface area contributed by atoms with Gasteiger partial charge in [-0.15, -0.1) is 0 Å². The van der Waals surface area contributed by atoms with Crippen LogP contribution >= 0.6 is 23.2 Å². The van der Waals surface area contributed by atoms with Crippen LogP contribution < -0.4 is 4.74 Å². The van der Waals surface area contributed by atoms with Crippen molar-refractivity contribution in [2.45, 2.75) is 43.2 Å². The number of aliphatic hydroxyl groups is 1. The summed E-state index contributed by atoms with van der Waals surface area (Å²) in [6, 6.07) is 19.0. The fourth-order valence-electron chi connectivity index (χ4n) is 4.43. The summed E-state index contributed by atoms with van der Waals surface area (Å²) in [6.45, 7) is 1.71. The van der Waals surface area contributed by atoms with Crippen LogP contribution in [-0.2, 0) is 25.8 Å². The van der Waals surface area contributed by atoms with Crippen molar-refractivity contribution in [1.29, 1.82) is 0 Å². The molecular weight excluding hydrogens is 576 g/mol. The summed E-state index contributed by atoms with van der Waals surface area (Å²) in [7, 11) is -3.88. The van der Waals surface area contributed by atoms with Gasteiger partial charge in [-0.2, -0.15) is 13.2 Å². The van der Waals surface area contributed by atoms with Crippen molar-refractivity contribution in [3.05, 3.63) is 99.5 Å². The summed E-state index contributed by atoms with van der Waals surface area (Å²) >= 11 is 12.2. The van der Waals surface area contributed by atoms with Crippen LogP contribution in [0.5, 0.6) is 5.75 Å². The van der Waals surface area contributed by atoms with E-state index in [1.165, 1.54) is 24.3 Å². The third kappa shape index (κ3) is 7.33. The molecule has 1 atom stereocenters. The number of hydrogen-bond acceptors (Lipinski definition) is 5. The van der Waals surface area contributed by atoms with Crippen LogP contribution in [0.1, 0.15) is 36.5 Å². The summed E-state index contributed by atoms with van der Waals surface area (Å²) in [5.74, 6) is -2.27. The Bertz CT molecular complexity index is 1310. The van der Waals surface area contributed by atoms with E-state index >= 15 is 0 Å². The van der Waals surface area contributed by atoms with E-state index < -0.39 is 39.1 Å². The maximum atomic E-state index is 14.0. The molecule has 3 rings (SSSR count). The number of ether oxygens (including phenoxy) is 1. The standard InChI is InChI=1S/C28H27Cl2F3O5S/c1-2-15-27(20-5-9-22(29)10-6-20,21-7-11-23(30)12-8-21)39(36,37)17-16-38-24-13-3-19(4-14-24)18-25(34)26(35)28(31,32)33/h3-14,25,34H,2,15-18H2,1H3. The summed E-state index contributed by atoms with van der Waals surface area (Å²) in [4.78, 5) is 11.2. The van der Waals surface area contributed by atoms with Crippen molar-refractivity contribution in [3.8, 4) is 5.75 Å². The molecule has 0 fully saturated rings. The largest absolute Gasteiger partial charge is 0.493 e. The molecule has 0 amide bonds. The third-order valence-corrected chi connectivity index (χ3v) is 9.25. The van der Waals surface area contributed by atoms with E-state index in [1.54, 1.807) is 48.5 Å². The molecule has 0 saturated carbocycles. The number of aliphatic hydroxyl groups excluding tert-OH is 1. The van der Waals surface area contributed by atoms with Crippen LogP contribution in [0.2, 0.25) is 10.0 Å². The molecule has 0 saturated heterocycles. The highest BCUT2D eigenvalue weighted by atomic mass is 35.5. The van der Waals surface area contributed by atoms with Gasteiger partial charge in [0, 0.05) is 16.5 Å². The second-order valence-electron chi connectivity index (χ2n) is 8.98. The molecule has 3 aromatic carbocycles. The minimum Gasteiger partial charge on any atom is -0.493 e. The fourth-order valence-corrected chi connectivity index (χ4v) is 6.84. The van der Waals surface area contributed by atoms with Crippen molar-refractivity contribution in [2.24, 2.45) is 0 Å². The number of carbonyl (C=O) groups is 1. The molecular formula is C28H27Cl2F3O5S. The van der Waals surface area contributed by atoms with Gasteiger partial charge in [0.2, 0.25) is 0 Å². The monoisotopic (exact) mass is 602 g/mol. The highest BCUT2D eigenvalue weighted by Gasteiger charge is 2.46. The molecule has 0 aliphatic heterocycles. The van der Waals surface area contributed by atoms with Crippen LogP contribution in [0.25, 0.3) is 0 Å². The normalized spacial score (nSPS) is 13.2. The Morgan fingerprint density at radius 2 is 1.38 bits per heavy atom. The Hall–Kier alpha value is -2.59. The number of carbonyl (C=O) groups excluding carboxylic acids is 1. The average Bonchev–Trinajstić information content (AvgIpc) is 2.88. The topological polar surface area (TPSA) is 80.7 Å². The summed E-state index contributed by atoms with van der Waals surface area (Å²) < 4.78 is 69.8. The van der Waals surface area contributed by atoms with E-state index in [0.717, 1.165) is 0 Å². The Balaban J connectivity index is 1.80. The number of Topliss-reactive ketones (excluding diaryl/α,β-unsaturated/α-hetero) is 1. The number of rotatable bonds is 12. The third-order valence-electron chi connectivity index (χ3n) is 6.31. The second kappa shape index (κ2) is 12.7. The van der Waals surface area contributed by atoms with Gasteiger partial charge in [-0.1, -0.05) is 72.9 Å². The zero-order valence-corrected chi connectivity index (χ0v) is 23.2. The van der Waals surface area contributed by atoms with Gasteiger partial charge in [0.1, 0.15) is 23.2 Å². The quantitative estimate of drug-likeness (QED) is 0.254. The molecule has 11 heteroatoms. The zero-order valence-electron chi connectivity index (χ0n) is 20.9. The first kappa shape index (κ1) is 30.9. The van der Waals surface area contributed by atoms with Gasteiger partial charge in [-0.3, -0.25) is 4.79 Å². The second-order valence-corrected chi connectivity index (χ2v) is 12.2. The van der Waals surface area contributed by atoms with Gasteiger partial charge in [-0.25, -0.2) is 8.42 Å². The minimum absolute atomic E-state index is 0.191. The van der Waals surface area contributed by atoms with E-state index in [0.29, 0.717) is 34.0 Å². The maximum Gasteiger partial charge on any atom is 0.452 e. The van der Waals surface area contributed by atoms with Crippen molar-refractivity contribution >= 4 is 38.8 Å². The molecule has 0 heterocycles. The van der Waals surface area contributed by atoms with Crippen LogP contribution in [0.15, 0.2) is 72.8 Å². The lowest BCUT2D eigenvalue weighted by atomic mass is 9.86. The SMILES string of the molecule is CCCC(c1ccc(Cl)cc1)(c1ccc(Cl)cc1)S(=O)(=O)CCOc1ccc(CC(O)C(=O)C(F)(F)F)cc1. The molecule has 0 bridgehead atoms. The van der Waals surface area contributed by atoms with Gasteiger partial charge in [0.05, 0.1) is 5.75 Å².